The third-order valence-corrected chi connectivity index (χ3v) is 1.87. The molecule has 82 valence electrons. The predicted octanol–water partition coefficient (Wildman–Crippen LogP) is 3.28. The minimum Gasteiger partial charge on any atom is -0.493 e. The summed E-state index contributed by atoms with van der Waals surface area (Å²) in [5.41, 5.74) is -0.0544. The summed E-state index contributed by atoms with van der Waals surface area (Å²) in [7, 11) is 0. The van der Waals surface area contributed by atoms with Gasteiger partial charge in [-0.2, -0.15) is 0 Å². The molecule has 0 aromatic heterocycles. The van der Waals surface area contributed by atoms with Gasteiger partial charge in [0.15, 0.2) is 0 Å². The zero-order valence-electron chi connectivity index (χ0n) is 8.57. The Morgan fingerprint density at radius 1 is 1.47 bits per heavy atom. The summed E-state index contributed by atoms with van der Waals surface area (Å²) in [6, 6.07) is 4.23. The largest absolute Gasteiger partial charge is 0.493 e. The molecule has 0 amide bonds. The number of ether oxygens (including phenoxy) is 1. The smallest absolute Gasteiger partial charge is 0.274 e. The van der Waals surface area contributed by atoms with Crippen LogP contribution in [0.15, 0.2) is 18.2 Å². The number of hydrogen-bond acceptors (Lipinski definition) is 3. The normalized spacial score (nSPS) is 10.4. The third-order valence-electron chi connectivity index (χ3n) is 1.65. The van der Waals surface area contributed by atoms with E-state index in [1.807, 2.05) is 13.8 Å². The molecule has 0 radical (unpaired) electrons. The Morgan fingerprint density at radius 3 is 2.67 bits per heavy atom. The maximum atomic E-state index is 10.5. The van der Waals surface area contributed by atoms with Crippen molar-refractivity contribution in [3.05, 3.63) is 33.3 Å². The van der Waals surface area contributed by atoms with E-state index >= 15 is 0 Å². The molecule has 5 heteroatoms. The minimum absolute atomic E-state index is 0.0544. The molecule has 4 nitrogen and oxygen atoms in total. The average Bonchev–Trinajstić information content (AvgIpc) is 2.13. The van der Waals surface area contributed by atoms with Crippen molar-refractivity contribution in [2.45, 2.75) is 13.8 Å². The van der Waals surface area contributed by atoms with Gasteiger partial charge in [-0.25, -0.2) is 0 Å². The number of nitrogens with zero attached hydrogens (tertiary/aromatic N) is 1. The van der Waals surface area contributed by atoms with E-state index in [2.05, 4.69) is 0 Å². The first-order valence-corrected chi connectivity index (χ1v) is 4.94. The Bertz CT molecular complexity index is 366. The average molecular weight is 230 g/mol. The molecule has 0 aliphatic rings. The maximum absolute atomic E-state index is 10.5. The van der Waals surface area contributed by atoms with E-state index in [1.54, 1.807) is 6.07 Å². The van der Waals surface area contributed by atoms with Gasteiger partial charge in [0.2, 0.25) is 0 Å². The summed E-state index contributed by atoms with van der Waals surface area (Å²) < 4.78 is 5.35. The highest BCUT2D eigenvalue weighted by Crippen LogP contribution is 2.25. The van der Waals surface area contributed by atoms with Crippen LogP contribution in [0.2, 0.25) is 5.02 Å². The minimum atomic E-state index is -0.492. The summed E-state index contributed by atoms with van der Waals surface area (Å²) in [6.45, 7) is 4.51. The van der Waals surface area contributed by atoms with Crippen molar-refractivity contribution in [2.24, 2.45) is 5.92 Å². The lowest BCUT2D eigenvalue weighted by atomic mass is 10.2. The predicted molar refractivity (Wildman–Crippen MR) is 58.4 cm³/mol. The number of hydrogen-bond donors (Lipinski definition) is 0. The van der Waals surface area contributed by atoms with Crippen molar-refractivity contribution in [3.63, 3.8) is 0 Å². The van der Waals surface area contributed by atoms with Crippen LogP contribution in [0, 0.1) is 16.0 Å². The lowest BCUT2D eigenvalue weighted by Gasteiger charge is -2.08. The van der Waals surface area contributed by atoms with Gasteiger partial charge in [0.1, 0.15) is 5.75 Å². The zero-order valence-corrected chi connectivity index (χ0v) is 9.32. The summed E-state index contributed by atoms with van der Waals surface area (Å²) >= 11 is 5.72. The van der Waals surface area contributed by atoms with Gasteiger partial charge in [-0.15, -0.1) is 0 Å². The molecule has 0 spiro atoms. The molecular formula is C10H12ClNO3. The monoisotopic (exact) mass is 229 g/mol. The van der Waals surface area contributed by atoms with Crippen LogP contribution in [0.5, 0.6) is 5.75 Å². The third kappa shape index (κ3) is 3.75. The molecule has 0 unspecified atom stereocenters. The number of halogens is 1. The van der Waals surface area contributed by atoms with E-state index in [9.17, 15) is 10.1 Å². The van der Waals surface area contributed by atoms with Crippen LogP contribution in [0.1, 0.15) is 13.8 Å². The molecule has 0 bridgehead atoms. The summed E-state index contributed by atoms with van der Waals surface area (Å²) in [4.78, 5) is 10.0. The molecule has 0 atom stereocenters. The van der Waals surface area contributed by atoms with Gasteiger partial charge in [0.05, 0.1) is 22.6 Å². The molecule has 1 aromatic rings. The van der Waals surface area contributed by atoms with E-state index in [4.69, 9.17) is 16.3 Å². The molecule has 0 N–H and O–H groups in total. The number of nitro benzene ring substituents is 1. The molecule has 0 aliphatic carbocycles. The number of benzene rings is 1. The number of non-ortho nitro benzene ring substituents is 1. The van der Waals surface area contributed by atoms with E-state index in [-0.39, 0.29) is 5.69 Å². The van der Waals surface area contributed by atoms with Crippen molar-refractivity contribution in [3.8, 4) is 5.75 Å². The van der Waals surface area contributed by atoms with Gasteiger partial charge in [-0.3, -0.25) is 10.1 Å². The standard InChI is InChI=1S/C10H12ClNO3/c1-7(2)6-15-10-4-8(11)3-9(5-10)12(13)14/h3-5,7H,6H2,1-2H3. The fraction of sp³-hybridized carbons (Fsp3) is 0.400. The van der Waals surface area contributed by atoms with Gasteiger partial charge in [0.25, 0.3) is 5.69 Å². The molecule has 0 saturated heterocycles. The van der Waals surface area contributed by atoms with Crippen LogP contribution in [-0.4, -0.2) is 11.5 Å². The highest BCUT2D eigenvalue weighted by Gasteiger charge is 2.09. The first-order chi connectivity index (χ1) is 6.99. The molecule has 0 saturated carbocycles. The SMILES string of the molecule is CC(C)COc1cc(Cl)cc([N+](=O)[O-])c1. The molecular weight excluding hydrogens is 218 g/mol. The van der Waals surface area contributed by atoms with Crippen LogP contribution >= 0.6 is 11.6 Å². The van der Waals surface area contributed by atoms with Crippen molar-refractivity contribution in [1.82, 2.24) is 0 Å². The lowest BCUT2D eigenvalue weighted by molar-refractivity contribution is -0.384. The first kappa shape index (κ1) is 11.8. The summed E-state index contributed by atoms with van der Waals surface area (Å²) in [5, 5.41) is 10.8. The molecule has 1 rings (SSSR count). The second-order valence-electron chi connectivity index (χ2n) is 3.61. The molecule has 1 aromatic carbocycles. The quantitative estimate of drug-likeness (QED) is 0.588. The fourth-order valence-corrected chi connectivity index (χ4v) is 1.22. The Morgan fingerprint density at radius 2 is 2.13 bits per heavy atom. The molecule has 0 heterocycles. The second-order valence-corrected chi connectivity index (χ2v) is 4.04. The second kappa shape index (κ2) is 4.98. The van der Waals surface area contributed by atoms with Crippen LogP contribution in [0.3, 0.4) is 0 Å². The Labute approximate surface area is 93.0 Å². The molecule has 15 heavy (non-hydrogen) atoms. The maximum Gasteiger partial charge on any atom is 0.274 e. The summed E-state index contributed by atoms with van der Waals surface area (Å²) in [6.07, 6.45) is 0. The zero-order chi connectivity index (χ0) is 11.4. The summed E-state index contributed by atoms with van der Waals surface area (Å²) in [5.74, 6) is 0.797. The van der Waals surface area contributed by atoms with Crippen molar-refractivity contribution in [1.29, 1.82) is 0 Å². The van der Waals surface area contributed by atoms with E-state index in [0.717, 1.165) is 0 Å². The van der Waals surface area contributed by atoms with Crippen LogP contribution in [0.25, 0.3) is 0 Å². The van der Waals surface area contributed by atoms with Crippen molar-refractivity contribution < 1.29 is 9.66 Å². The van der Waals surface area contributed by atoms with Crippen LogP contribution in [0.4, 0.5) is 5.69 Å². The highest BCUT2D eigenvalue weighted by molar-refractivity contribution is 6.30. The van der Waals surface area contributed by atoms with Crippen LogP contribution < -0.4 is 4.74 Å². The topological polar surface area (TPSA) is 52.4 Å². The van der Waals surface area contributed by atoms with E-state index < -0.39 is 4.92 Å². The van der Waals surface area contributed by atoms with Crippen molar-refractivity contribution >= 4 is 17.3 Å². The fourth-order valence-electron chi connectivity index (χ4n) is 1.000. The van der Waals surface area contributed by atoms with Gasteiger partial charge < -0.3 is 4.74 Å². The van der Waals surface area contributed by atoms with Gasteiger partial charge in [-0.1, -0.05) is 25.4 Å². The highest BCUT2D eigenvalue weighted by atomic mass is 35.5. The lowest BCUT2D eigenvalue weighted by Crippen LogP contribution is -2.04. The van der Waals surface area contributed by atoms with E-state index in [0.29, 0.717) is 23.3 Å². The first-order valence-electron chi connectivity index (χ1n) is 4.57. The van der Waals surface area contributed by atoms with Gasteiger partial charge in [0, 0.05) is 6.07 Å². The number of rotatable bonds is 4. The Hall–Kier alpha value is -1.29. The van der Waals surface area contributed by atoms with Crippen LogP contribution in [-0.2, 0) is 0 Å². The number of nitro groups is 1. The Kier molecular flexibility index (Phi) is 3.91. The Balaban J connectivity index is 2.84. The molecule has 0 fully saturated rings. The molecule has 0 aliphatic heterocycles. The van der Waals surface area contributed by atoms with E-state index in [1.165, 1.54) is 12.1 Å². The van der Waals surface area contributed by atoms with Crippen molar-refractivity contribution in [2.75, 3.05) is 6.61 Å². The van der Waals surface area contributed by atoms with Gasteiger partial charge in [-0.05, 0) is 12.0 Å². The van der Waals surface area contributed by atoms with Gasteiger partial charge >= 0.3 is 0 Å².